The van der Waals surface area contributed by atoms with Crippen LogP contribution in [0.5, 0.6) is 0 Å². The molecule has 0 aliphatic carbocycles. The highest BCUT2D eigenvalue weighted by Gasteiger charge is 2.13. The van der Waals surface area contributed by atoms with E-state index in [0.717, 1.165) is 27.7 Å². The number of aromatic amines is 1. The third-order valence-corrected chi connectivity index (χ3v) is 3.94. The first-order valence-electron chi connectivity index (χ1n) is 7.71. The Hall–Kier alpha value is -3.40. The zero-order valence-electron chi connectivity index (χ0n) is 12.9. The van der Waals surface area contributed by atoms with Gasteiger partial charge in [-0.25, -0.2) is 0 Å². The third-order valence-electron chi connectivity index (χ3n) is 3.94. The molecule has 0 saturated heterocycles. The highest BCUT2D eigenvalue weighted by molar-refractivity contribution is 6.11. The molecule has 4 heteroatoms. The van der Waals surface area contributed by atoms with E-state index in [1.807, 2.05) is 66.7 Å². The number of para-hydroxylation sites is 1. The lowest BCUT2D eigenvalue weighted by Crippen LogP contribution is -2.12. The molecule has 0 atom stereocenters. The number of nitrogens with one attached hydrogen (secondary N) is 2. The quantitative estimate of drug-likeness (QED) is 0.586. The summed E-state index contributed by atoms with van der Waals surface area (Å²) in [5.41, 5.74) is 4.25. The van der Waals surface area contributed by atoms with Crippen molar-refractivity contribution in [3.63, 3.8) is 0 Å². The molecule has 0 aliphatic rings. The van der Waals surface area contributed by atoms with E-state index in [1.165, 1.54) is 0 Å². The zero-order valence-corrected chi connectivity index (χ0v) is 12.9. The predicted molar refractivity (Wildman–Crippen MR) is 95.9 cm³/mol. The first-order valence-corrected chi connectivity index (χ1v) is 7.71. The van der Waals surface area contributed by atoms with Crippen molar-refractivity contribution in [2.75, 3.05) is 5.32 Å². The van der Waals surface area contributed by atoms with Gasteiger partial charge in [-0.2, -0.15) is 5.10 Å². The molecular weight excluding hydrogens is 298 g/mol. The van der Waals surface area contributed by atoms with E-state index in [1.54, 1.807) is 0 Å². The second-order valence-corrected chi connectivity index (χ2v) is 5.52. The molecule has 0 saturated carbocycles. The maximum Gasteiger partial charge on any atom is 0.276 e. The maximum absolute atomic E-state index is 12.5. The lowest BCUT2D eigenvalue weighted by molar-refractivity contribution is 0.102. The Morgan fingerprint density at radius 1 is 0.792 bits per heavy atom. The summed E-state index contributed by atoms with van der Waals surface area (Å²) in [4.78, 5) is 12.5. The first-order chi connectivity index (χ1) is 11.8. The summed E-state index contributed by atoms with van der Waals surface area (Å²) in [7, 11) is 0. The van der Waals surface area contributed by atoms with Crippen LogP contribution >= 0.6 is 0 Å². The molecule has 1 heterocycles. The van der Waals surface area contributed by atoms with Gasteiger partial charge >= 0.3 is 0 Å². The van der Waals surface area contributed by atoms with Crippen molar-refractivity contribution >= 4 is 22.5 Å². The SMILES string of the molecule is O=C(Nc1ccc(-c2ccccc2)cc1)c1n[nH]c2ccccc12. The molecule has 0 unspecified atom stereocenters. The fourth-order valence-corrected chi connectivity index (χ4v) is 2.70. The molecule has 24 heavy (non-hydrogen) atoms. The van der Waals surface area contributed by atoms with Crippen LogP contribution in [0, 0.1) is 0 Å². The molecule has 4 aromatic rings. The normalized spacial score (nSPS) is 10.7. The Bertz CT molecular complexity index is 988. The minimum absolute atomic E-state index is 0.222. The average Bonchev–Trinajstić information content (AvgIpc) is 3.07. The summed E-state index contributed by atoms with van der Waals surface area (Å²) in [6, 6.07) is 25.5. The molecule has 0 aliphatic heterocycles. The lowest BCUT2D eigenvalue weighted by atomic mass is 10.1. The van der Waals surface area contributed by atoms with Gasteiger partial charge in [0.15, 0.2) is 5.69 Å². The average molecular weight is 313 g/mol. The standard InChI is InChI=1S/C20H15N3O/c24-20(19-17-8-4-5-9-18(17)22-23-19)21-16-12-10-15(11-13-16)14-6-2-1-3-7-14/h1-13H,(H,21,24)(H,22,23). The van der Waals surface area contributed by atoms with Gasteiger partial charge in [-0.1, -0.05) is 60.7 Å². The van der Waals surface area contributed by atoms with Crippen molar-refractivity contribution in [1.29, 1.82) is 0 Å². The number of carbonyl (C=O) groups is 1. The third kappa shape index (κ3) is 2.65. The van der Waals surface area contributed by atoms with Crippen molar-refractivity contribution in [3.8, 4) is 11.1 Å². The first kappa shape index (κ1) is 14.2. The molecule has 0 spiro atoms. The van der Waals surface area contributed by atoms with Crippen molar-refractivity contribution in [1.82, 2.24) is 10.2 Å². The number of fused-ring (bicyclic) bond motifs is 1. The predicted octanol–water partition coefficient (Wildman–Crippen LogP) is 4.48. The van der Waals surface area contributed by atoms with Crippen molar-refractivity contribution in [2.45, 2.75) is 0 Å². The van der Waals surface area contributed by atoms with Crippen LogP contribution in [0.1, 0.15) is 10.5 Å². The van der Waals surface area contributed by atoms with E-state index >= 15 is 0 Å². The van der Waals surface area contributed by atoms with Gasteiger partial charge in [0.05, 0.1) is 5.52 Å². The van der Waals surface area contributed by atoms with Gasteiger partial charge in [-0.15, -0.1) is 0 Å². The molecule has 4 nitrogen and oxygen atoms in total. The van der Waals surface area contributed by atoms with Crippen LogP contribution in [0.2, 0.25) is 0 Å². The van der Waals surface area contributed by atoms with Crippen molar-refractivity contribution in [2.24, 2.45) is 0 Å². The second-order valence-electron chi connectivity index (χ2n) is 5.52. The zero-order chi connectivity index (χ0) is 16.4. The summed E-state index contributed by atoms with van der Waals surface area (Å²) >= 11 is 0. The minimum atomic E-state index is -0.222. The molecule has 0 radical (unpaired) electrons. The van der Waals surface area contributed by atoms with Crippen LogP contribution in [0.25, 0.3) is 22.0 Å². The van der Waals surface area contributed by atoms with Crippen LogP contribution in [0.3, 0.4) is 0 Å². The number of hydrogen-bond acceptors (Lipinski definition) is 2. The Labute approximate surface area is 139 Å². The summed E-state index contributed by atoms with van der Waals surface area (Å²) in [6.07, 6.45) is 0. The van der Waals surface area contributed by atoms with E-state index < -0.39 is 0 Å². The van der Waals surface area contributed by atoms with Crippen LogP contribution in [-0.4, -0.2) is 16.1 Å². The minimum Gasteiger partial charge on any atom is -0.321 e. The fourth-order valence-electron chi connectivity index (χ4n) is 2.70. The number of aromatic nitrogens is 2. The Kier molecular flexibility index (Phi) is 3.56. The van der Waals surface area contributed by atoms with E-state index in [9.17, 15) is 4.79 Å². The number of hydrogen-bond donors (Lipinski definition) is 2. The summed E-state index contributed by atoms with van der Waals surface area (Å²) in [5, 5.41) is 10.7. The highest BCUT2D eigenvalue weighted by Crippen LogP contribution is 2.22. The monoisotopic (exact) mass is 313 g/mol. The number of amides is 1. The van der Waals surface area contributed by atoms with Gasteiger partial charge in [0, 0.05) is 11.1 Å². The van der Waals surface area contributed by atoms with Gasteiger partial charge < -0.3 is 5.32 Å². The highest BCUT2D eigenvalue weighted by atomic mass is 16.1. The van der Waals surface area contributed by atoms with E-state index in [2.05, 4.69) is 27.6 Å². The number of anilines is 1. The largest absolute Gasteiger partial charge is 0.321 e. The summed E-state index contributed by atoms with van der Waals surface area (Å²) in [6.45, 7) is 0. The van der Waals surface area contributed by atoms with Crippen LogP contribution in [-0.2, 0) is 0 Å². The molecular formula is C20H15N3O. The van der Waals surface area contributed by atoms with Crippen molar-refractivity contribution < 1.29 is 4.79 Å². The molecule has 2 N–H and O–H groups in total. The van der Waals surface area contributed by atoms with Gasteiger partial charge in [0.25, 0.3) is 5.91 Å². The van der Waals surface area contributed by atoms with Crippen LogP contribution in [0.15, 0.2) is 78.9 Å². The van der Waals surface area contributed by atoms with Gasteiger partial charge in [0.2, 0.25) is 0 Å². The Morgan fingerprint density at radius 2 is 1.46 bits per heavy atom. The molecule has 3 aromatic carbocycles. The number of H-pyrrole nitrogens is 1. The molecule has 1 aromatic heterocycles. The molecule has 1 amide bonds. The molecule has 4 rings (SSSR count). The van der Waals surface area contributed by atoms with Crippen molar-refractivity contribution in [3.05, 3.63) is 84.6 Å². The smallest absolute Gasteiger partial charge is 0.276 e. The van der Waals surface area contributed by atoms with E-state index in [0.29, 0.717) is 5.69 Å². The second kappa shape index (κ2) is 6.01. The number of rotatable bonds is 3. The number of nitrogens with zero attached hydrogens (tertiary/aromatic N) is 1. The molecule has 116 valence electrons. The fraction of sp³-hybridized carbons (Fsp3) is 0. The summed E-state index contributed by atoms with van der Waals surface area (Å²) < 4.78 is 0. The van der Waals surface area contributed by atoms with E-state index in [-0.39, 0.29) is 5.91 Å². The Balaban J connectivity index is 1.56. The van der Waals surface area contributed by atoms with Gasteiger partial charge in [0.1, 0.15) is 0 Å². The van der Waals surface area contributed by atoms with Gasteiger partial charge in [-0.05, 0) is 29.3 Å². The molecule has 0 fully saturated rings. The number of benzene rings is 3. The van der Waals surface area contributed by atoms with Crippen LogP contribution < -0.4 is 5.32 Å². The van der Waals surface area contributed by atoms with Crippen LogP contribution in [0.4, 0.5) is 5.69 Å². The summed E-state index contributed by atoms with van der Waals surface area (Å²) in [5.74, 6) is -0.222. The maximum atomic E-state index is 12.5. The van der Waals surface area contributed by atoms with Gasteiger partial charge in [-0.3, -0.25) is 9.89 Å². The molecule has 0 bridgehead atoms. The topological polar surface area (TPSA) is 57.8 Å². The Morgan fingerprint density at radius 3 is 2.25 bits per heavy atom. The lowest BCUT2D eigenvalue weighted by Gasteiger charge is -2.06. The number of carbonyl (C=O) groups excluding carboxylic acids is 1. The van der Waals surface area contributed by atoms with E-state index in [4.69, 9.17) is 0 Å².